The van der Waals surface area contributed by atoms with Crippen molar-refractivity contribution in [1.29, 1.82) is 0 Å². The molecule has 0 aliphatic heterocycles. The Kier molecular flexibility index (Phi) is 5.22. The maximum Gasteiger partial charge on any atom is 0.0671 e. The van der Waals surface area contributed by atoms with E-state index in [9.17, 15) is 0 Å². The van der Waals surface area contributed by atoms with Gasteiger partial charge in [-0.25, -0.2) is 0 Å². The summed E-state index contributed by atoms with van der Waals surface area (Å²) >= 11 is 0. The number of benzene rings is 1. The van der Waals surface area contributed by atoms with Gasteiger partial charge in [0.1, 0.15) is 0 Å². The number of aromatic nitrogens is 2. The summed E-state index contributed by atoms with van der Waals surface area (Å²) in [5.74, 6) is 0. The topological polar surface area (TPSA) is 29.9 Å². The first-order valence-electron chi connectivity index (χ1n) is 7.57. The second-order valence-electron chi connectivity index (χ2n) is 5.28. The zero-order valence-electron chi connectivity index (χ0n) is 12.8. The molecule has 0 radical (unpaired) electrons. The molecule has 2 rings (SSSR count). The number of hydrogen-bond donors (Lipinski definition) is 1. The Bertz CT molecular complexity index is 526. The molecule has 0 saturated heterocycles. The van der Waals surface area contributed by atoms with Crippen LogP contribution in [0, 0.1) is 0 Å². The standard InChI is InChI=1S/C17H25N3/c1-4-6-7-14-8-10-16(11-9-14)18-12-15-13-20(3)19-17(15)5-2/h8-11,13,18H,4-7,12H2,1-3H3. The molecule has 1 aromatic heterocycles. The van der Waals surface area contributed by atoms with Gasteiger partial charge in [-0.1, -0.05) is 32.4 Å². The largest absolute Gasteiger partial charge is 0.381 e. The summed E-state index contributed by atoms with van der Waals surface area (Å²) in [6.07, 6.45) is 6.78. The third-order valence-corrected chi connectivity index (χ3v) is 3.58. The highest BCUT2D eigenvalue weighted by atomic mass is 15.3. The van der Waals surface area contributed by atoms with Crippen LogP contribution in [0.2, 0.25) is 0 Å². The van der Waals surface area contributed by atoms with E-state index in [0.29, 0.717) is 0 Å². The minimum Gasteiger partial charge on any atom is -0.381 e. The number of rotatable bonds is 7. The van der Waals surface area contributed by atoms with E-state index in [0.717, 1.165) is 13.0 Å². The molecule has 1 aromatic carbocycles. The highest BCUT2D eigenvalue weighted by Crippen LogP contribution is 2.14. The van der Waals surface area contributed by atoms with Gasteiger partial charge in [-0.15, -0.1) is 0 Å². The predicted molar refractivity (Wildman–Crippen MR) is 85.0 cm³/mol. The molecule has 20 heavy (non-hydrogen) atoms. The molecule has 0 unspecified atom stereocenters. The van der Waals surface area contributed by atoms with E-state index >= 15 is 0 Å². The molecule has 0 aliphatic carbocycles. The summed E-state index contributed by atoms with van der Waals surface area (Å²) in [7, 11) is 1.98. The van der Waals surface area contributed by atoms with Gasteiger partial charge < -0.3 is 5.32 Å². The summed E-state index contributed by atoms with van der Waals surface area (Å²) in [5, 5.41) is 7.94. The molecule has 1 heterocycles. The Labute approximate surface area is 122 Å². The highest BCUT2D eigenvalue weighted by molar-refractivity contribution is 5.45. The molecular formula is C17H25N3. The molecule has 3 nitrogen and oxygen atoms in total. The molecule has 2 aromatic rings. The number of hydrogen-bond acceptors (Lipinski definition) is 2. The molecule has 0 aliphatic rings. The van der Waals surface area contributed by atoms with Crippen LogP contribution in [0.1, 0.15) is 43.5 Å². The van der Waals surface area contributed by atoms with Crippen molar-refractivity contribution in [2.24, 2.45) is 7.05 Å². The summed E-state index contributed by atoms with van der Waals surface area (Å²) in [4.78, 5) is 0. The second kappa shape index (κ2) is 7.13. The number of anilines is 1. The van der Waals surface area contributed by atoms with E-state index in [1.54, 1.807) is 0 Å². The van der Waals surface area contributed by atoms with Crippen LogP contribution in [0.15, 0.2) is 30.5 Å². The molecule has 0 spiro atoms. The van der Waals surface area contributed by atoms with Crippen LogP contribution < -0.4 is 5.32 Å². The number of aryl methyl sites for hydroxylation is 3. The van der Waals surface area contributed by atoms with Crippen molar-refractivity contribution in [1.82, 2.24) is 9.78 Å². The predicted octanol–water partition coefficient (Wildman–Crippen LogP) is 3.94. The molecular weight excluding hydrogens is 246 g/mol. The molecule has 0 bridgehead atoms. The molecule has 0 amide bonds. The fraction of sp³-hybridized carbons (Fsp3) is 0.471. The van der Waals surface area contributed by atoms with E-state index in [4.69, 9.17) is 0 Å². The molecule has 1 N–H and O–H groups in total. The Morgan fingerprint density at radius 1 is 1.15 bits per heavy atom. The SMILES string of the molecule is CCCCc1ccc(NCc2cn(C)nc2CC)cc1. The first-order valence-corrected chi connectivity index (χ1v) is 7.57. The van der Waals surface area contributed by atoms with Gasteiger partial charge in [0, 0.05) is 31.0 Å². The Balaban J connectivity index is 1.93. The van der Waals surface area contributed by atoms with Crippen molar-refractivity contribution in [3.63, 3.8) is 0 Å². The van der Waals surface area contributed by atoms with Crippen LogP contribution in [0.5, 0.6) is 0 Å². The van der Waals surface area contributed by atoms with Gasteiger partial charge in [0.05, 0.1) is 5.69 Å². The van der Waals surface area contributed by atoms with E-state index in [1.807, 2.05) is 11.7 Å². The normalized spacial score (nSPS) is 10.8. The van der Waals surface area contributed by atoms with Crippen molar-refractivity contribution in [3.8, 4) is 0 Å². The van der Waals surface area contributed by atoms with Gasteiger partial charge in [-0.3, -0.25) is 4.68 Å². The van der Waals surface area contributed by atoms with E-state index in [-0.39, 0.29) is 0 Å². The fourth-order valence-corrected chi connectivity index (χ4v) is 2.40. The van der Waals surface area contributed by atoms with Crippen LogP contribution >= 0.6 is 0 Å². The third-order valence-electron chi connectivity index (χ3n) is 3.58. The van der Waals surface area contributed by atoms with E-state index in [1.165, 1.54) is 41.8 Å². The smallest absolute Gasteiger partial charge is 0.0671 e. The zero-order valence-corrected chi connectivity index (χ0v) is 12.8. The molecule has 0 atom stereocenters. The highest BCUT2D eigenvalue weighted by Gasteiger charge is 2.05. The van der Waals surface area contributed by atoms with Crippen LogP contribution in [-0.2, 0) is 26.4 Å². The van der Waals surface area contributed by atoms with E-state index in [2.05, 4.69) is 54.7 Å². The lowest BCUT2D eigenvalue weighted by atomic mass is 10.1. The minimum absolute atomic E-state index is 0.839. The van der Waals surface area contributed by atoms with Gasteiger partial charge in [0.2, 0.25) is 0 Å². The minimum atomic E-state index is 0.839. The quantitative estimate of drug-likeness (QED) is 0.826. The number of nitrogens with one attached hydrogen (secondary N) is 1. The van der Waals surface area contributed by atoms with Crippen LogP contribution in [0.3, 0.4) is 0 Å². The maximum atomic E-state index is 4.47. The van der Waals surface area contributed by atoms with Crippen LogP contribution in [-0.4, -0.2) is 9.78 Å². The van der Waals surface area contributed by atoms with Crippen LogP contribution in [0.25, 0.3) is 0 Å². The van der Waals surface area contributed by atoms with Crippen molar-refractivity contribution in [3.05, 3.63) is 47.3 Å². The van der Waals surface area contributed by atoms with Gasteiger partial charge in [0.25, 0.3) is 0 Å². The third kappa shape index (κ3) is 3.86. The van der Waals surface area contributed by atoms with Crippen molar-refractivity contribution < 1.29 is 0 Å². The summed E-state index contributed by atoms with van der Waals surface area (Å²) in [6, 6.07) is 8.80. The lowest BCUT2D eigenvalue weighted by molar-refractivity contribution is 0.746. The van der Waals surface area contributed by atoms with Crippen molar-refractivity contribution in [2.75, 3.05) is 5.32 Å². The fourth-order valence-electron chi connectivity index (χ4n) is 2.40. The average Bonchev–Trinajstić information content (AvgIpc) is 2.84. The van der Waals surface area contributed by atoms with E-state index < -0.39 is 0 Å². The summed E-state index contributed by atoms with van der Waals surface area (Å²) in [6.45, 7) is 5.22. The lowest BCUT2D eigenvalue weighted by Crippen LogP contribution is -2.01. The van der Waals surface area contributed by atoms with Crippen molar-refractivity contribution in [2.45, 2.75) is 46.1 Å². The first-order chi connectivity index (χ1) is 9.72. The Morgan fingerprint density at radius 2 is 1.90 bits per heavy atom. The Morgan fingerprint density at radius 3 is 2.55 bits per heavy atom. The summed E-state index contributed by atoms with van der Waals surface area (Å²) in [5.41, 5.74) is 5.06. The van der Waals surface area contributed by atoms with Crippen LogP contribution in [0.4, 0.5) is 5.69 Å². The monoisotopic (exact) mass is 271 g/mol. The molecule has 0 fully saturated rings. The number of unbranched alkanes of at least 4 members (excludes halogenated alkanes) is 1. The summed E-state index contributed by atoms with van der Waals surface area (Å²) < 4.78 is 1.89. The molecule has 108 valence electrons. The average molecular weight is 271 g/mol. The zero-order chi connectivity index (χ0) is 14.4. The lowest BCUT2D eigenvalue weighted by Gasteiger charge is -2.07. The molecule has 3 heteroatoms. The Hall–Kier alpha value is -1.77. The van der Waals surface area contributed by atoms with Gasteiger partial charge in [0.15, 0.2) is 0 Å². The first kappa shape index (κ1) is 14.6. The van der Waals surface area contributed by atoms with Gasteiger partial charge in [-0.2, -0.15) is 5.10 Å². The second-order valence-corrected chi connectivity index (χ2v) is 5.28. The van der Waals surface area contributed by atoms with Gasteiger partial charge >= 0.3 is 0 Å². The van der Waals surface area contributed by atoms with Crippen molar-refractivity contribution >= 4 is 5.69 Å². The van der Waals surface area contributed by atoms with Gasteiger partial charge in [-0.05, 0) is 37.0 Å². The maximum absolute atomic E-state index is 4.47. The molecule has 0 saturated carbocycles. The number of nitrogens with zero attached hydrogens (tertiary/aromatic N) is 2.